The Hall–Kier alpha value is -2.10. The van der Waals surface area contributed by atoms with Crippen molar-refractivity contribution in [3.63, 3.8) is 0 Å². The van der Waals surface area contributed by atoms with Gasteiger partial charge in [-0.3, -0.25) is 0 Å². The van der Waals surface area contributed by atoms with Crippen LogP contribution in [0.5, 0.6) is 0 Å². The van der Waals surface area contributed by atoms with E-state index in [2.05, 4.69) is 10.2 Å². The summed E-state index contributed by atoms with van der Waals surface area (Å²) in [5, 5.41) is 25.4. The van der Waals surface area contributed by atoms with Gasteiger partial charge < -0.3 is 10.2 Å². The molecule has 102 valence electrons. The second-order valence-corrected chi connectivity index (χ2v) is 3.90. The predicted molar refractivity (Wildman–Crippen MR) is 71.0 cm³/mol. The predicted octanol–water partition coefficient (Wildman–Crippen LogP) is 3.50. The molecule has 0 bridgehead atoms. The molecular formula is C14H10CdN2O4. The third-order valence-electron chi connectivity index (χ3n) is 2.51. The van der Waals surface area contributed by atoms with Crippen molar-refractivity contribution in [2.24, 2.45) is 10.2 Å². The Bertz CT molecular complexity index is 607. The minimum atomic E-state index is -1.00. The molecule has 0 unspecified atom stereocenters. The summed E-state index contributed by atoms with van der Waals surface area (Å²) in [5.41, 5.74) is 1.37. The molecule has 0 aliphatic rings. The molecule has 21 heavy (non-hydrogen) atoms. The van der Waals surface area contributed by atoms with E-state index in [1.54, 1.807) is 24.3 Å². The summed E-state index contributed by atoms with van der Waals surface area (Å²) in [7, 11) is 0. The Kier molecular flexibility index (Phi) is 6.15. The minimum absolute atomic E-state index is 0. The molecule has 0 fully saturated rings. The summed E-state index contributed by atoms with van der Waals surface area (Å²) < 4.78 is 0. The standard InChI is InChI=1S/C14H10N2O4.Cd/c17-13(18)9-1-5-11(6-2-9)15-16-12-7-3-10(4-8-12)14(19)20;/h1-8H,(H,17,18)(H,19,20);/b16-15+;. The molecule has 2 aromatic rings. The van der Waals surface area contributed by atoms with Crippen LogP contribution < -0.4 is 0 Å². The molecule has 0 radical (unpaired) electrons. The Labute approximate surface area is 140 Å². The number of benzene rings is 2. The normalized spacial score (nSPS) is 10.1. The zero-order chi connectivity index (χ0) is 14.5. The van der Waals surface area contributed by atoms with Gasteiger partial charge in [0.15, 0.2) is 0 Å². The Morgan fingerprint density at radius 3 is 1.19 bits per heavy atom. The van der Waals surface area contributed by atoms with E-state index in [1.165, 1.54) is 24.3 Å². The van der Waals surface area contributed by atoms with Gasteiger partial charge in [-0.2, -0.15) is 10.2 Å². The van der Waals surface area contributed by atoms with Crippen molar-refractivity contribution >= 4 is 23.3 Å². The molecular weight excluding hydrogens is 373 g/mol. The first kappa shape index (κ1) is 17.0. The summed E-state index contributed by atoms with van der Waals surface area (Å²) >= 11 is 0. The first-order chi connectivity index (χ1) is 9.56. The number of rotatable bonds is 4. The van der Waals surface area contributed by atoms with Crippen LogP contribution in [0.3, 0.4) is 0 Å². The molecule has 0 spiro atoms. The van der Waals surface area contributed by atoms with Crippen LogP contribution in [0.4, 0.5) is 11.4 Å². The molecule has 6 nitrogen and oxygen atoms in total. The molecule has 7 heteroatoms. The molecule has 0 aromatic heterocycles. The van der Waals surface area contributed by atoms with E-state index >= 15 is 0 Å². The maximum absolute atomic E-state index is 10.7. The number of carbonyl (C=O) groups is 2. The second kappa shape index (κ2) is 7.62. The molecule has 2 rings (SSSR count). The van der Waals surface area contributed by atoms with Gasteiger partial charge in [0.25, 0.3) is 0 Å². The number of carboxylic acid groups (broad SMARTS) is 2. The molecule has 0 atom stereocenters. The molecule has 0 aliphatic heterocycles. The Balaban J connectivity index is 0.00000220. The molecule has 0 amide bonds. The monoisotopic (exact) mass is 384 g/mol. The van der Waals surface area contributed by atoms with Gasteiger partial charge in [0.05, 0.1) is 22.5 Å². The largest absolute Gasteiger partial charge is 0.478 e. The zero-order valence-electron chi connectivity index (χ0n) is 10.9. The van der Waals surface area contributed by atoms with E-state index in [9.17, 15) is 9.59 Å². The van der Waals surface area contributed by atoms with E-state index in [4.69, 9.17) is 10.2 Å². The summed E-state index contributed by atoms with van der Waals surface area (Å²) in [6.45, 7) is 0. The van der Waals surface area contributed by atoms with Crippen molar-refractivity contribution in [2.45, 2.75) is 0 Å². The van der Waals surface area contributed by atoms with Gasteiger partial charge in [-0.05, 0) is 48.5 Å². The van der Waals surface area contributed by atoms with E-state index < -0.39 is 11.9 Å². The van der Waals surface area contributed by atoms with Gasteiger partial charge in [-0.15, -0.1) is 0 Å². The fraction of sp³-hybridized carbons (Fsp3) is 0. The first-order valence-corrected chi connectivity index (χ1v) is 5.65. The number of nitrogens with zero attached hydrogens (tertiary/aromatic N) is 2. The third-order valence-corrected chi connectivity index (χ3v) is 2.51. The molecule has 0 aliphatic carbocycles. The minimum Gasteiger partial charge on any atom is -0.478 e. The van der Waals surface area contributed by atoms with Crippen LogP contribution in [0, 0.1) is 0 Å². The van der Waals surface area contributed by atoms with E-state index in [0.717, 1.165) is 0 Å². The van der Waals surface area contributed by atoms with Crippen molar-refractivity contribution in [3.8, 4) is 0 Å². The van der Waals surface area contributed by atoms with Crippen molar-refractivity contribution in [1.82, 2.24) is 0 Å². The number of azo groups is 1. The van der Waals surface area contributed by atoms with Gasteiger partial charge in [-0.25, -0.2) is 9.59 Å². The van der Waals surface area contributed by atoms with Crippen molar-refractivity contribution in [2.75, 3.05) is 0 Å². The van der Waals surface area contributed by atoms with Crippen molar-refractivity contribution < 1.29 is 47.1 Å². The second-order valence-electron chi connectivity index (χ2n) is 3.90. The number of aromatic carboxylic acids is 2. The fourth-order valence-electron chi connectivity index (χ4n) is 1.46. The quantitative estimate of drug-likeness (QED) is 0.624. The molecule has 0 saturated heterocycles. The van der Waals surface area contributed by atoms with Crippen LogP contribution in [0.15, 0.2) is 58.8 Å². The molecule has 0 heterocycles. The topological polar surface area (TPSA) is 99.3 Å². The van der Waals surface area contributed by atoms with Crippen LogP contribution in [0.25, 0.3) is 0 Å². The maximum Gasteiger partial charge on any atom is 0.335 e. The third kappa shape index (κ3) is 4.74. The van der Waals surface area contributed by atoms with Crippen LogP contribution in [-0.2, 0) is 27.3 Å². The summed E-state index contributed by atoms with van der Waals surface area (Å²) in [5.74, 6) is -2.00. The van der Waals surface area contributed by atoms with Crippen LogP contribution in [0.2, 0.25) is 0 Å². The number of carboxylic acids is 2. The molecule has 2 N–H and O–H groups in total. The van der Waals surface area contributed by atoms with Gasteiger partial charge in [-0.1, -0.05) is 0 Å². The summed E-state index contributed by atoms with van der Waals surface area (Å²) in [6, 6.07) is 11.9. The van der Waals surface area contributed by atoms with Gasteiger partial charge in [0.2, 0.25) is 0 Å². The van der Waals surface area contributed by atoms with E-state index in [0.29, 0.717) is 11.4 Å². The molecule has 0 saturated carbocycles. The van der Waals surface area contributed by atoms with Gasteiger partial charge >= 0.3 is 11.9 Å². The Morgan fingerprint density at radius 1 is 0.667 bits per heavy atom. The van der Waals surface area contributed by atoms with E-state index in [1.807, 2.05) is 0 Å². The van der Waals surface area contributed by atoms with Crippen molar-refractivity contribution in [1.29, 1.82) is 0 Å². The zero-order valence-corrected chi connectivity index (χ0v) is 15.0. The van der Waals surface area contributed by atoms with E-state index in [-0.39, 0.29) is 38.4 Å². The number of hydrogen-bond acceptors (Lipinski definition) is 4. The van der Waals surface area contributed by atoms with Gasteiger partial charge in [0.1, 0.15) is 0 Å². The average Bonchev–Trinajstić information content (AvgIpc) is 2.46. The summed E-state index contributed by atoms with van der Waals surface area (Å²) in [6.07, 6.45) is 0. The van der Waals surface area contributed by atoms with Gasteiger partial charge in [0, 0.05) is 27.3 Å². The Morgan fingerprint density at radius 2 is 0.952 bits per heavy atom. The average molecular weight is 383 g/mol. The van der Waals surface area contributed by atoms with Crippen molar-refractivity contribution in [3.05, 3.63) is 59.7 Å². The maximum atomic E-state index is 10.7. The van der Waals surface area contributed by atoms with Crippen LogP contribution >= 0.6 is 0 Å². The summed E-state index contributed by atoms with van der Waals surface area (Å²) in [4.78, 5) is 21.4. The smallest absolute Gasteiger partial charge is 0.335 e. The number of hydrogen-bond donors (Lipinski definition) is 2. The first-order valence-electron chi connectivity index (χ1n) is 5.65. The fourth-order valence-corrected chi connectivity index (χ4v) is 1.46. The van der Waals surface area contributed by atoms with Crippen LogP contribution in [0.1, 0.15) is 20.7 Å². The SMILES string of the molecule is O=C(O)c1ccc(/N=N/c2ccc(C(=O)O)cc2)cc1.[Cd]. The van der Waals surface area contributed by atoms with Crippen LogP contribution in [-0.4, -0.2) is 22.2 Å². The molecule has 2 aromatic carbocycles.